The van der Waals surface area contributed by atoms with Crippen molar-refractivity contribution in [3.05, 3.63) is 71.8 Å². The van der Waals surface area contributed by atoms with Crippen molar-refractivity contribution in [1.29, 1.82) is 0 Å². The number of nitrogens with one attached hydrogen (secondary N) is 1. The third kappa shape index (κ3) is 9.88. The SMILES string of the molecule is O=C(O)CC[C@H](NC(=O)CCCC(=O)OCc1ccccc1)C(=O)OCc1ccccc1. The Morgan fingerprint density at radius 1 is 0.781 bits per heavy atom. The average molecular weight is 441 g/mol. The van der Waals surface area contributed by atoms with Crippen molar-refractivity contribution in [2.75, 3.05) is 0 Å². The summed E-state index contributed by atoms with van der Waals surface area (Å²) in [6, 6.07) is 17.2. The molecule has 0 spiro atoms. The molecule has 0 aromatic heterocycles. The topological polar surface area (TPSA) is 119 Å². The van der Waals surface area contributed by atoms with E-state index >= 15 is 0 Å². The van der Waals surface area contributed by atoms with E-state index in [4.69, 9.17) is 14.6 Å². The molecule has 0 heterocycles. The van der Waals surface area contributed by atoms with Crippen molar-refractivity contribution < 1.29 is 33.8 Å². The molecule has 8 heteroatoms. The highest BCUT2D eigenvalue weighted by Crippen LogP contribution is 2.08. The molecule has 32 heavy (non-hydrogen) atoms. The Balaban J connectivity index is 1.75. The number of aliphatic carboxylic acids is 1. The van der Waals surface area contributed by atoms with Crippen LogP contribution in [0.1, 0.15) is 43.2 Å². The Labute approximate surface area is 186 Å². The third-order valence-corrected chi connectivity index (χ3v) is 4.52. The van der Waals surface area contributed by atoms with E-state index in [1.807, 2.05) is 36.4 Å². The second-order valence-electron chi connectivity index (χ2n) is 7.15. The Morgan fingerprint density at radius 2 is 1.34 bits per heavy atom. The lowest BCUT2D eigenvalue weighted by Crippen LogP contribution is -2.42. The molecule has 2 rings (SSSR count). The van der Waals surface area contributed by atoms with Crippen molar-refractivity contribution in [3.8, 4) is 0 Å². The van der Waals surface area contributed by atoms with Gasteiger partial charge in [-0.2, -0.15) is 0 Å². The van der Waals surface area contributed by atoms with Crippen LogP contribution >= 0.6 is 0 Å². The molecule has 0 saturated carbocycles. The number of amides is 1. The van der Waals surface area contributed by atoms with E-state index in [2.05, 4.69) is 5.32 Å². The normalized spacial score (nSPS) is 11.2. The molecular formula is C24H27NO7. The molecule has 0 aliphatic rings. The van der Waals surface area contributed by atoms with Gasteiger partial charge >= 0.3 is 17.9 Å². The Morgan fingerprint density at radius 3 is 1.91 bits per heavy atom. The highest BCUT2D eigenvalue weighted by Gasteiger charge is 2.23. The third-order valence-electron chi connectivity index (χ3n) is 4.52. The van der Waals surface area contributed by atoms with Crippen LogP contribution in [0.4, 0.5) is 0 Å². The number of hydrogen-bond acceptors (Lipinski definition) is 6. The molecule has 0 radical (unpaired) electrons. The minimum Gasteiger partial charge on any atom is -0.481 e. The van der Waals surface area contributed by atoms with Crippen LogP contribution in [0.3, 0.4) is 0 Å². The lowest BCUT2D eigenvalue weighted by Gasteiger charge is -2.17. The van der Waals surface area contributed by atoms with E-state index in [-0.39, 0.29) is 45.3 Å². The second kappa shape index (κ2) is 13.6. The zero-order valence-corrected chi connectivity index (χ0v) is 17.7. The molecule has 2 aromatic carbocycles. The van der Waals surface area contributed by atoms with Crippen LogP contribution in [0.15, 0.2) is 60.7 Å². The van der Waals surface area contributed by atoms with E-state index in [9.17, 15) is 19.2 Å². The van der Waals surface area contributed by atoms with E-state index in [0.29, 0.717) is 0 Å². The number of ether oxygens (including phenoxy) is 2. The van der Waals surface area contributed by atoms with Crippen LogP contribution in [0.2, 0.25) is 0 Å². The summed E-state index contributed by atoms with van der Waals surface area (Å²) in [5.41, 5.74) is 1.65. The maximum atomic E-state index is 12.4. The minimum atomic E-state index is -1.08. The summed E-state index contributed by atoms with van der Waals surface area (Å²) in [5.74, 6) is -2.67. The number of carbonyl (C=O) groups excluding carboxylic acids is 3. The summed E-state index contributed by atoms with van der Waals surface area (Å²) in [6.07, 6.45) is -0.0936. The molecule has 8 nitrogen and oxygen atoms in total. The van der Waals surface area contributed by atoms with E-state index in [1.165, 1.54) is 0 Å². The molecule has 0 aliphatic heterocycles. The molecule has 0 aliphatic carbocycles. The molecule has 1 amide bonds. The van der Waals surface area contributed by atoms with E-state index in [1.54, 1.807) is 24.3 Å². The highest BCUT2D eigenvalue weighted by atomic mass is 16.5. The van der Waals surface area contributed by atoms with Gasteiger partial charge in [-0.25, -0.2) is 4.79 Å². The smallest absolute Gasteiger partial charge is 0.328 e. The van der Waals surface area contributed by atoms with Gasteiger partial charge in [-0.05, 0) is 24.0 Å². The van der Waals surface area contributed by atoms with Crippen LogP contribution < -0.4 is 5.32 Å². The first-order valence-electron chi connectivity index (χ1n) is 10.4. The van der Waals surface area contributed by atoms with Crippen LogP contribution in [0.25, 0.3) is 0 Å². The number of esters is 2. The van der Waals surface area contributed by atoms with Gasteiger partial charge in [0.1, 0.15) is 19.3 Å². The lowest BCUT2D eigenvalue weighted by molar-refractivity contribution is -0.150. The molecule has 2 N–H and O–H groups in total. The zero-order chi connectivity index (χ0) is 23.2. The van der Waals surface area contributed by atoms with E-state index in [0.717, 1.165) is 11.1 Å². The quantitative estimate of drug-likeness (QED) is 0.459. The predicted molar refractivity (Wildman–Crippen MR) is 115 cm³/mol. The van der Waals surface area contributed by atoms with Crippen molar-refractivity contribution in [2.24, 2.45) is 0 Å². The first kappa shape index (κ1) is 24.6. The first-order chi connectivity index (χ1) is 15.4. The molecule has 0 fully saturated rings. The van der Waals surface area contributed by atoms with Gasteiger partial charge in [0.15, 0.2) is 0 Å². The van der Waals surface area contributed by atoms with Gasteiger partial charge in [-0.15, -0.1) is 0 Å². The number of hydrogen-bond donors (Lipinski definition) is 2. The molecular weight excluding hydrogens is 414 g/mol. The summed E-state index contributed by atoms with van der Waals surface area (Å²) >= 11 is 0. The Bertz CT molecular complexity index is 884. The van der Waals surface area contributed by atoms with Crippen molar-refractivity contribution in [1.82, 2.24) is 5.32 Å². The first-order valence-corrected chi connectivity index (χ1v) is 10.4. The van der Waals surface area contributed by atoms with Gasteiger partial charge in [-0.1, -0.05) is 60.7 Å². The van der Waals surface area contributed by atoms with Gasteiger partial charge in [0.05, 0.1) is 0 Å². The fourth-order valence-electron chi connectivity index (χ4n) is 2.82. The summed E-state index contributed by atoms with van der Waals surface area (Å²) in [7, 11) is 0. The van der Waals surface area contributed by atoms with Crippen LogP contribution in [-0.2, 0) is 41.9 Å². The molecule has 0 saturated heterocycles. The lowest BCUT2D eigenvalue weighted by atomic mass is 10.1. The maximum Gasteiger partial charge on any atom is 0.328 e. The highest BCUT2D eigenvalue weighted by molar-refractivity contribution is 5.85. The van der Waals surface area contributed by atoms with Gasteiger partial charge in [0.25, 0.3) is 0 Å². The summed E-state index contributed by atoms with van der Waals surface area (Å²) in [6.45, 7) is 0.183. The standard InChI is InChI=1S/C24H27NO7/c26-21(12-7-13-23(29)31-16-18-8-3-1-4-9-18)25-20(14-15-22(27)28)24(30)32-17-19-10-5-2-6-11-19/h1-6,8-11,20H,7,12-17H2,(H,25,26)(H,27,28)/t20-/m0/s1. The number of benzene rings is 2. The number of carboxylic acids is 1. The number of carbonyl (C=O) groups is 4. The Hall–Kier alpha value is -3.68. The minimum absolute atomic E-state index is 0.00399. The Kier molecular flexibility index (Phi) is 10.4. The molecule has 170 valence electrons. The fraction of sp³-hybridized carbons (Fsp3) is 0.333. The monoisotopic (exact) mass is 441 g/mol. The average Bonchev–Trinajstić information content (AvgIpc) is 2.80. The maximum absolute atomic E-state index is 12.4. The van der Waals surface area contributed by atoms with Gasteiger partial charge in [-0.3, -0.25) is 14.4 Å². The summed E-state index contributed by atoms with van der Waals surface area (Å²) < 4.78 is 10.4. The predicted octanol–water partition coefficient (Wildman–Crippen LogP) is 2.99. The summed E-state index contributed by atoms with van der Waals surface area (Å²) in [5, 5.41) is 11.4. The van der Waals surface area contributed by atoms with Crippen LogP contribution in [-0.4, -0.2) is 35.0 Å². The van der Waals surface area contributed by atoms with Crippen molar-refractivity contribution in [3.63, 3.8) is 0 Å². The van der Waals surface area contributed by atoms with E-state index < -0.39 is 29.9 Å². The zero-order valence-electron chi connectivity index (χ0n) is 17.7. The number of rotatable bonds is 13. The number of carboxylic acid groups (broad SMARTS) is 1. The van der Waals surface area contributed by atoms with Crippen molar-refractivity contribution >= 4 is 23.8 Å². The molecule has 2 aromatic rings. The van der Waals surface area contributed by atoms with Crippen LogP contribution in [0, 0.1) is 0 Å². The second-order valence-corrected chi connectivity index (χ2v) is 7.15. The summed E-state index contributed by atoms with van der Waals surface area (Å²) in [4.78, 5) is 47.3. The van der Waals surface area contributed by atoms with Gasteiger partial charge in [0, 0.05) is 19.3 Å². The largest absolute Gasteiger partial charge is 0.481 e. The molecule has 0 bridgehead atoms. The fourth-order valence-corrected chi connectivity index (χ4v) is 2.82. The van der Waals surface area contributed by atoms with Gasteiger partial charge < -0.3 is 19.9 Å². The van der Waals surface area contributed by atoms with Crippen LogP contribution in [0.5, 0.6) is 0 Å². The van der Waals surface area contributed by atoms with Crippen molar-refractivity contribution in [2.45, 2.75) is 51.4 Å². The van der Waals surface area contributed by atoms with Gasteiger partial charge in [0.2, 0.25) is 5.91 Å². The molecule has 0 unspecified atom stereocenters. The molecule has 1 atom stereocenters.